The minimum absolute atomic E-state index is 0.129. The Hall–Kier alpha value is -2.55. The lowest BCUT2D eigenvalue weighted by Gasteiger charge is -2.22. The molecule has 1 aromatic carbocycles. The monoisotopic (exact) mass is 448 g/mol. The van der Waals surface area contributed by atoms with Crippen LogP contribution in [0.3, 0.4) is 0 Å². The highest BCUT2D eigenvalue weighted by molar-refractivity contribution is 7.99. The number of benzene rings is 1. The van der Waals surface area contributed by atoms with Crippen LogP contribution in [0.5, 0.6) is 0 Å². The van der Waals surface area contributed by atoms with Crippen molar-refractivity contribution in [1.82, 2.24) is 15.5 Å². The maximum Gasteiger partial charge on any atom is 0.408 e. The number of ether oxygens (including phenoxy) is 1. The number of amides is 2. The summed E-state index contributed by atoms with van der Waals surface area (Å²) in [6, 6.07) is 5.38. The number of anilines is 1. The molecule has 31 heavy (non-hydrogen) atoms. The van der Waals surface area contributed by atoms with Crippen molar-refractivity contribution in [1.29, 1.82) is 0 Å². The normalized spacial score (nSPS) is 12.5. The summed E-state index contributed by atoms with van der Waals surface area (Å²) in [5.41, 5.74) is 2.22. The zero-order valence-corrected chi connectivity index (χ0v) is 20.1. The van der Waals surface area contributed by atoms with E-state index in [1.54, 1.807) is 20.8 Å². The third kappa shape index (κ3) is 8.24. The number of nitrogens with zero attached hydrogens (tertiary/aromatic N) is 2. The van der Waals surface area contributed by atoms with E-state index in [1.165, 1.54) is 0 Å². The topological polar surface area (TPSA) is 106 Å². The quantitative estimate of drug-likeness (QED) is 0.546. The number of nitrogens with one attached hydrogen (secondary N) is 2. The van der Waals surface area contributed by atoms with Crippen molar-refractivity contribution < 1.29 is 18.7 Å². The Morgan fingerprint density at radius 2 is 1.81 bits per heavy atom. The number of hydrogen-bond donors (Lipinski definition) is 2. The van der Waals surface area contributed by atoms with Gasteiger partial charge in [-0.15, -0.1) is 10.2 Å². The van der Waals surface area contributed by atoms with Crippen LogP contribution >= 0.6 is 11.8 Å². The van der Waals surface area contributed by atoms with Crippen LogP contribution in [0.15, 0.2) is 27.8 Å². The second-order valence-electron chi connectivity index (χ2n) is 8.84. The van der Waals surface area contributed by atoms with Gasteiger partial charge in [-0.2, -0.15) is 0 Å². The fraction of sp³-hybridized carbons (Fsp3) is 0.545. The maximum absolute atomic E-state index is 12.4. The molecule has 0 spiro atoms. The summed E-state index contributed by atoms with van der Waals surface area (Å²) in [5, 5.41) is 14.1. The highest BCUT2D eigenvalue weighted by atomic mass is 32.2. The van der Waals surface area contributed by atoms with E-state index < -0.39 is 17.7 Å². The Labute approximate surface area is 187 Å². The molecule has 0 radical (unpaired) electrons. The Balaban J connectivity index is 1.99. The van der Waals surface area contributed by atoms with E-state index in [0.29, 0.717) is 6.42 Å². The zero-order valence-electron chi connectivity index (χ0n) is 19.2. The molecule has 8 nitrogen and oxygen atoms in total. The van der Waals surface area contributed by atoms with Crippen molar-refractivity contribution >= 4 is 29.4 Å². The highest BCUT2D eigenvalue weighted by Crippen LogP contribution is 2.25. The van der Waals surface area contributed by atoms with Gasteiger partial charge in [0.25, 0.3) is 5.22 Å². The first kappa shape index (κ1) is 24.7. The Morgan fingerprint density at radius 3 is 2.39 bits per heavy atom. The van der Waals surface area contributed by atoms with Gasteiger partial charge in [0, 0.05) is 5.69 Å². The summed E-state index contributed by atoms with van der Waals surface area (Å²) >= 11 is 1.15. The number of carbonyl (C=O) groups is 2. The van der Waals surface area contributed by atoms with E-state index >= 15 is 0 Å². The summed E-state index contributed by atoms with van der Waals surface area (Å²) in [7, 11) is 0. The van der Waals surface area contributed by atoms with Crippen LogP contribution in [-0.4, -0.2) is 33.6 Å². The van der Waals surface area contributed by atoms with Crippen molar-refractivity contribution in [2.24, 2.45) is 5.92 Å². The molecule has 1 unspecified atom stereocenters. The summed E-state index contributed by atoms with van der Waals surface area (Å²) in [4.78, 5) is 24.6. The van der Waals surface area contributed by atoms with Gasteiger partial charge in [-0.05, 0) is 58.1 Å². The van der Waals surface area contributed by atoms with Crippen molar-refractivity contribution in [2.45, 2.75) is 71.8 Å². The lowest BCUT2D eigenvalue weighted by molar-refractivity contribution is -0.113. The molecule has 0 aliphatic heterocycles. The number of para-hydroxylation sites is 1. The molecule has 2 rings (SSSR count). The second-order valence-corrected chi connectivity index (χ2v) is 9.76. The molecule has 0 fully saturated rings. The van der Waals surface area contributed by atoms with Gasteiger partial charge in [-0.25, -0.2) is 4.79 Å². The number of carbonyl (C=O) groups excluding carboxylic acids is 2. The van der Waals surface area contributed by atoms with Crippen LogP contribution in [-0.2, 0) is 9.53 Å². The number of aromatic nitrogens is 2. The van der Waals surface area contributed by atoms with Crippen LogP contribution in [0.4, 0.5) is 10.5 Å². The van der Waals surface area contributed by atoms with Gasteiger partial charge in [0.2, 0.25) is 11.8 Å². The molecular weight excluding hydrogens is 416 g/mol. The first-order valence-corrected chi connectivity index (χ1v) is 11.2. The molecule has 1 heterocycles. The van der Waals surface area contributed by atoms with E-state index in [0.717, 1.165) is 28.6 Å². The SMILES string of the molecule is Cc1cccc(C)c1NC(=O)CSc1nnc(C(CC(C)C)NC(=O)OC(C)(C)C)o1. The number of alkyl carbamates (subject to hydrolysis) is 1. The third-order valence-corrected chi connectivity index (χ3v) is 5.01. The Kier molecular flexibility index (Phi) is 8.50. The average Bonchev–Trinajstić information content (AvgIpc) is 3.10. The van der Waals surface area contributed by atoms with Gasteiger partial charge in [0.05, 0.1) is 5.75 Å². The Morgan fingerprint density at radius 1 is 1.16 bits per heavy atom. The number of rotatable bonds is 8. The van der Waals surface area contributed by atoms with Gasteiger partial charge in [0.15, 0.2) is 0 Å². The summed E-state index contributed by atoms with van der Waals surface area (Å²) in [5.74, 6) is 0.542. The molecule has 2 amide bonds. The van der Waals surface area contributed by atoms with E-state index in [-0.39, 0.29) is 28.7 Å². The number of hydrogen-bond acceptors (Lipinski definition) is 7. The molecule has 2 N–H and O–H groups in total. The van der Waals surface area contributed by atoms with Gasteiger partial charge < -0.3 is 19.8 Å². The first-order chi connectivity index (χ1) is 14.4. The Bertz CT molecular complexity index is 885. The molecule has 1 atom stereocenters. The average molecular weight is 449 g/mol. The number of aryl methyl sites for hydroxylation is 2. The van der Waals surface area contributed by atoms with Gasteiger partial charge in [-0.1, -0.05) is 43.8 Å². The molecule has 2 aromatic rings. The van der Waals surface area contributed by atoms with Gasteiger partial charge >= 0.3 is 6.09 Å². The summed E-state index contributed by atoms with van der Waals surface area (Å²) in [6.07, 6.45) is 0.0667. The molecule has 0 saturated heterocycles. The van der Waals surface area contributed by atoms with Crippen molar-refractivity contribution in [3.8, 4) is 0 Å². The fourth-order valence-corrected chi connectivity index (χ4v) is 3.45. The largest absolute Gasteiger partial charge is 0.444 e. The molecule has 0 aliphatic carbocycles. The smallest absolute Gasteiger partial charge is 0.408 e. The maximum atomic E-state index is 12.4. The van der Waals surface area contributed by atoms with Crippen molar-refractivity contribution in [2.75, 3.05) is 11.1 Å². The molecule has 0 saturated carbocycles. The van der Waals surface area contributed by atoms with Gasteiger partial charge in [-0.3, -0.25) is 4.79 Å². The molecule has 0 bridgehead atoms. The van der Waals surface area contributed by atoms with Crippen LogP contribution < -0.4 is 10.6 Å². The summed E-state index contributed by atoms with van der Waals surface area (Å²) < 4.78 is 11.1. The second kappa shape index (κ2) is 10.7. The van der Waals surface area contributed by atoms with E-state index in [9.17, 15) is 9.59 Å². The standard InChI is InChI=1S/C22H32N4O4S/c1-13(2)11-16(23-20(28)30-22(5,6)7)19-25-26-21(29-19)31-12-17(27)24-18-14(3)9-8-10-15(18)4/h8-10,13,16H,11-12H2,1-7H3,(H,23,28)(H,24,27). The first-order valence-electron chi connectivity index (χ1n) is 10.3. The third-order valence-electron chi connectivity index (χ3n) is 4.19. The molecule has 0 aliphatic rings. The van der Waals surface area contributed by atoms with Gasteiger partial charge in [0.1, 0.15) is 11.6 Å². The van der Waals surface area contributed by atoms with E-state index in [1.807, 2.05) is 45.9 Å². The number of thioether (sulfide) groups is 1. The molecule has 9 heteroatoms. The lowest BCUT2D eigenvalue weighted by Crippen LogP contribution is -2.35. The van der Waals surface area contributed by atoms with E-state index in [2.05, 4.69) is 20.8 Å². The molecular formula is C22H32N4O4S. The summed E-state index contributed by atoms with van der Waals surface area (Å²) in [6.45, 7) is 13.4. The predicted octanol–water partition coefficient (Wildman–Crippen LogP) is 5.03. The fourth-order valence-electron chi connectivity index (χ4n) is 2.88. The minimum atomic E-state index is -0.606. The van der Waals surface area contributed by atoms with Crippen LogP contribution in [0.25, 0.3) is 0 Å². The predicted molar refractivity (Wildman–Crippen MR) is 121 cm³/mol. The van der Waals surface area contributed by atoms with Crippen LogP contribution in [0, 0.1) is 19.8 Å². The molecule has 1 aromatic heterocycles. The minimum Gasteiger partial charge on any atom is -0.444 e. The van der Waals surface area contributed by atoms with Crippen molar-refractivity contribution in [3.63, 3.8) is 0 Å². The molecule has 170 valence electrons. The van der Waals surface area contributed by atoms with Crippen molar-refractivity contribution in [3.05, 3.63) is 35.2 Å². The van der Waals surface area contributed by atoms with Crippen LogP contribution in [0.1, 0.15) is 64.1 Å². The van der Waals surface area contributed by atoms with E-state index in [4.69, 9.17) is 9.15 Å². The van der Waals surface area contributed by atoms with Crippen LogP contribution in [0.2, 0.25) is 0 Å². The highest BCUT2D eigenvalue weighted by Gasteiger charge is 2.25. The zero-order chi connectivity index (χ0) is 23.2. The lowest BCUT2D eigenvalue weighted by atomic mass is 10.0.